The Balaban J connectivity index is 3.09. The fraction of sp³-hybridized carbons (Fsp3) is 0.500. The van der Waals surface area contributed by atoms with Crippen molar-refractivity contribution in [3.63, 3.8) is 0 Å². The molecule has 0 spiro atoms. The van der Waals surface area contributed by atoms with Gasteiger partial charge in [0, 0.05) is 12.0 Å². The Morgan fingerprint density at radius 1 is 1.52 bits per heavy atom. The normalized spacial score (nSPS) is 12.6. The zero-order chi connectivity index (χ0) is 16.2. The molecule has 0 heterocycles. The van der Waals surface area contributed by atoms with Gasteiger partial charge in [-0.25, -0.2) is 0 Å². The lowest BCUT2D eigenvalue weighted by Gasteiger charge is -2.29. The van der Waals surface area contributed by atoms with E-state index in [2.05, 4.69) is 33.4 Å². The van der Waals surface area contributed by atoms with Gasteiger partial charge in [-0.05, 0) is 39.8 Å². The molecule has 0 aliphatic rings. The average Bonchev–Trinajstić information content (AvgIpc) is 2.38. The molecule has 0 bridgehead atoms. The Bertz CT molecular complexity index is 579. The number of nitrogens with zero attached hydrogens (tertiary/aromatic N) is 2. The van der Waals surface area contributed by atoms with Gasteiger partial charge in [0.25, 0.3) is 0 Å². The van der Waals surface area contributed by atoms with E-state index in [0.29, 0.717) is 15.9 Å². The van der Waals surface area contributed by atoms with Crippen molar-refractivity contribution in [1.29, 1.82) is 5.26 Å². The first-order chi connectivity index (χ1) is 9.70. The summed E-state index contributed by atoms with van der Waals surface area (Å²) < 4.78 is 6.26. The van der Waals surface area contributed by atoms with E-state index < -0.39 is 4.92 Å². The number of nitro benzene ring substituents is 1. The minimum Gasteiger partial charge on any atom is -0.486 e. The van der Waals surface area contributed by atoms with E-state index >= 15 is 0 Å². The summed E-state index contributed by atoms with van der Waals surface area (Å²) in [6.07, 6.45) is 0. The van der Waals surface area contributed by atoms with Gasteiger partial charge < -0.3 is 4.74 Å². The van der Waals surface area contributed by atoms with E-state index in [1.165, 1.54) is 6.07 Å². The van der Waals surface area contributed by atoms with Crippen LogP contribution in [-0.4, -0.2) is 17.3 Å². The topological polar surface area (TPSA) is 76.2 Å². The van der Waals surface area contributed by atoms with Crippen LogP contribution in [-0.2, 0) is 0 Å². The van der Waals surface area contributed by atoms with Crippen molar-refractivity contribution in [1.82, 2.24) is 0 Å². The van der Waals surface area contributed by atoms with E-state index in [1.54, 1.807) is 6.07 Å². The highest BCUT2D eigenvalue weighted by Gasteiger charge is 2.26. The number of hydrogen-bond acceptors (Lipinski definition) is 5. The number of rotatable bonds is 5. The van der Waals surface area contributed by atoms with Gasteiger partial charge in [-0.1, -0.05) is 20.8 Å². The summed E-state index contributed by atoms with van der Waals surface area (Å²) in [4.78, 5) is 10.6. The molecule has 0 radical (unpaired) electrons. The molecule has 5 nitrogen and oxygen atoms in total. The van der Waals surface area contributed by atoms with Crippen LogP contribution in [0.5, 0.6) is 5.75 Å². The molecule has 1 atom stereocenters. The first-order valence-corrected chi connectivity index (χ1v) is 8.03. The van der Waals surface area contributed by atoms with Crippen LogP contribution in [0, 0.1) is 36.3 Å². The van der Waals surface area contributed by atoms with Gasteiger partial charge in [-0.3, -0.25) is 10.1 Å². The van der Waals surface area contributed by atoms with Crippen LogP contribution in [0.4, 0.5) is 5.69 Å². The lowest BCUT2D eigenvalue weighted by molar-refractivity contribution is -0.386. The van der Waals surface area contributed by atoms with Gasteiger partial charge in [-0.2, -0.15) is 17.9 Å². The highest BCUT2D eigenvalue weighted by Crippen LogP contribution is 2.35. The Labute approximate surface area is 143 Å². The summed E-state index contributed by atoms with van der Waals surface area (Å²) in [5, 5.41) is 20.0. The average molecular weight is 420 g/mol. The molecule has 0 saturated carbocycles. The summed E-state index contributed by atoms with van der Waals surface area (Å²) in [7, 11) is 0. The highest BCUT2D eigenvalue weighted by molar-refractivity contribution is 14.1. The summed E-state index contributed by atoms with van der Waals surface area (Å²) in [5.41, 5.74) is 0.0689. The Kier molecular flexibility index (Phi) is 6.28. The van der Waals surface area contributed by atoms with Crippen molar-refractivity contribution in [2.45, 2.75) is 20.8 Å². The summed E-state index contributed by atoms with van der Waals surface area (Å²) in [6.45, 7) is 6.58. The van der Waals surface area contributed by atoms with Crippen LogP contribution in [0.3, 0.4) is 0 Å². The number of ether oxygens (including phenoxy) is 1. The van der Waals surface area contributed by atoms with Crippen molar-refractivity contribution in [2.75, 3.05) is 12.4 Å². The third-order valence-electron chi connectivity index (χ3n) is 3.22. The van der Waals surface area contributed by atoms with Crippen LogP contribution < -0.4 is 4.74 Å². The Morgan fingerprint density at radius 2 is 2.14 bits per heavy atom. The standard InChI is InChI=1S/C14H17IN2O3S/c1-14(2,3)10(8-21)7-20-13-11(15)4-9(6-16)5-12(13)17(18)19/h4-5,10,21H,7-8H2,1-3H3. The summed E-state index contributed by atoms with van der Waals surface area (Å²) >= 11 is 6.27. The fourth-order valence-corrected chi connectivity index (χ4v) is 3.10. The molecule has 0 aromatic heterocycles. The molecule has 0 amide bonds. The number of benzene rings is 1. The van der Waals surface area contributed by atoms with Crippen LogP contribution in [0.15, 0.2) is 12.1 Å². The molecule has 0 saturated heterocycles. The maximum atomic E-state index is 11.2. The largest absolute Gasteiger partial charge is 0.486 e. The minimum absolute atomic E-state index is 0.00540. The highest BCUT2D eigenvalue weighted by atomic mass is 127. The summed E-state index contributed by atoms with van der Waals surface area (Å²) in [5.74, 6) is 1.01. The van der Waals surface area contributed by atoms with Gasteiger partial charge in [0.05, 0.1) is 26.7 Å². The molecule has 7 heteroatoms. The quantitative estimate of drug-likeness (QED) is 0.338. The van der Waals surface area contributed by atoms with Crippen LogP contribution in [0.2, 0.25) is 0 Å². The second kappa shape index (κ2) is 7.31. The minimum atomic E-state index is -0.523. The monoisotopic (exact) mass is 420 g/mol. The number of halogens is 1. The van der Waals surface area contributed by atoms with E-state index in [-0.39, 0.29) is 28.3 Å². The maximum Gasteiger partial charge on any atom is 0.313 e. The third-order valence-corrected chi connectivity index (χ3v) is 4.47. The zero-order valence-corrected chi connectivity index (χ0v) is 15.1. The van der Waals surface area contributed by atoms with E-state index in [1.807, 2.05) is 28.7 Å². The van der Waals surface area contributed by atoms with Crippen molar-refractivity contribution in [2.24, 2.45) is 11.3 Å². The fourth-order valence-electron chi connectivity index (χ4n) is 1.68. The molecule has 0 N–H and O–H groups in total. The molecular formula is C14H17IN2O3S. The van der Waals surface area contributed by atoms with Gasteiger partial charge in [-0.15, -0.1) is 0 Å². The van der Waals surface area contributed by atoms with Crippen LogP contribution >= 0.6 is 35.2 Å². The second-order valence-corrected chi connectivity index (χ2v) is 7.26. The number of thiol groups is 1. The van der Waals surface area contributed by atoms with E-state index in [0.717, 1.165) is 0 Å². The third kappa shape index (κ3) is 4.74. The lowest BCUT2D eigenvalue weighted by Crippen LogP contribution is -2.28. The van der Waals surface area contributed by atoms with Gasteiger partial charge in [0.15, 0.2) is 0 Å². The maximum absolute atomic E-state index is 11.2. The molecule has 21 heavy (non-hydrogen) atoms. The molecule has 1 aromatic rings. The van der Waals surface area contributed by atoms with Gasteiger partial charge in [0.2, 0.25) is 5.75 Å². The van der Waals surface area contributed by atoms with Crippen molar-refractivity contribution < 1.29 is 9.66 Å². The molecule has 114 valence electrons. The predicted molar refractivity (Wildman–Crippen MR) is 92.8 cm³/mol. The SMILES string of the molecule is CC(C)(C)C(CS)COc1c(I)cc(C#N)cc1[N+](=O)[O-]. The summed E-state index contributed by atoms with van der Waals surface area (Å²) in [6, 6.07) is 4.73. The van der Waals surface area contributed by atoms with Gasteiger partial charge >= 0.3 is 5.69 Å². The predicted octanol–water partition coefficient (Wildman–Crippen LogP) is 4.04. The number of hydrogen-bond donors (Lipinski definition) is 1. The first-order valence-electron chi connectivity index (χ1n) is 6.32. The molecule has 1 rings (SSSR count). The van der Waals surface area contributed by atoms with E-state index in [9.17, 15) is 10.1 Å². The van der Waals surface area contributed by atoms with Gasteiger partial charge in [0.1, 0.15) is 0 Å². The smallest absolute Gasteiger partial charge is 0.313 e. The molecule has 0 fully saturated rings. The number of nitriles is 1. The lowest BCUT2D eigenvalue weighted by atomic mass is 9.82. The first kappa shape index (κ1) is 18.0. The van der Waals surface area contributed by atoms with Crippen molar-refractivity contribution >= 4 is 40.9 Å². The number of nitro groups is 1. The molecule has 1 unspecified atom stereocenters. The molecule has 0 aliphatic carbocycles. The van der Waals surface area contributed by atoms with E-state index in [4.69, 9.17) is 10.00 Å². The molecule has 1 aromatic carbocycles. The van der Waals surface area contributed by atoms with Crippen LogP contribution in [0.25, 0.3) is 0 Å². The molecular weight excluding hydrogens is 403 g/mol. The molecule has 0 aliphatic heterocycles. The Morgan fingerprint density at radius 3 is 2.57 bits per heavy atom. The van der Waals surface area contributed by atoms with Crippen molar-refractivity contribution in [3.05, 3.63) is 31.4 Å². The second-order valence-electron chi connectivity index (χ2n) is 5.73. The van der Waals surface area contributed by atoms with Crippen LogP contribution in [0.1, 0.15) is 26.3 Å². The Hall–Kier alpha value is -1.01. The van der Waals surface area contributed by atoms with Crippen molar-refractivity contribution in [3.8, 4) is 11.8 Å². The zero-order valence-electron chi connectivity index (χ0n) is 12.1.